The van der Waals surface area contributed by atoms with E-state index in [0.717, 1.165) is 25.7 Å². The van der Waals surface area contributed by atoms with Crippen molar-refractivity contribution in [3.05, 3.63) is 0 Å². The lowest BCUT2D eigenvalue weighted by atomic mass is 10.0. The number of aliphatic hydroxyl groups is 2. The summed E-state index contributed by atoms with van der Waals surface area (Å²) < 4.78 is 0. The summed E-state index contributed by atoms with van der Waals surface area (Å²) in [6.07, 6.45) is 37.2. The molecule has 0 rings (SSSR count). The number of unbranched alkanes of at least 4 members (excludes halogenated alkanes) is 26. The Labute approximate surface area is 251 Å². The molecule has 0 fully saturated rings. The fourth-order valence-electron chi connectivity index (χ4n) is 5.77. The van der Waals surface area contributed by atoms with Gasteiger partial charge in [0, 0.05) is 6.42 Å². The normalized spacial score (nSPS) is 13.0. The fraction of sp³-hybridized carbons (Fsp3) is 0.972. The molecule has 0 spiro atoms. The Kier molecular flexibility index (Phi) is 32.4. The average molecular weight is 568 g/mol. The number of amides is 1. The molecule has 0 aliphatic rings. The average Bonchev–Trinajstić information content (AvgIpc) is 2.96. The third-order valence-electron chi connectivity index (χ3n) is 8.62. The van der Waals surface area contributed by atoms with E-state index in [1.807, 2.05) is 0 Å². The summed E-state index contributed by atoms with van der Waals surface area (Å²) in [6.45, 7) is 4.36. The minimum absolute atomic E-state index is 0.0296. The van der Waals surface area contributed by atoms with Gasteiger partial charge < -0.3 is 15.5 Å². The Morgan fingerprint density at radius 3 is 1.12 bits per heavy atom. The van der Waals surface area contributed by atoms with E-state index < -0.39 is 12.1 Å². The molecule has 4 heteroatoms. The zero-order valence-corrected chi connectivity index (χ0v) is 27.4. The Balaban J connectivity index is 3.53. The molecule has 240 valence electrons. The van der Waals surface area contributed by atoms with Crippen LogP contribution in [0.5, 0.6) is 0 Å². The molecule has 2 atom stereocenters. The molecule has 0 bridgehead atoms. The maximum Gasteiger partial charge on any atom is 0.220 e. The van der Waals surface area contributed by atoms with E-state index in [9.17, 15) is 15.0 Å². The number of hydrogen-bond acceptors (Lipinski definition) is 3. The topological polar surface area (TPSA) is 69.6 Å². The van der Waals surface area contributed by atoms with E-state index in [0.29, 0.717) is 12.8 Å². The second-order valence-corrected chi connectivity index (χ2v) is 12.7. The van der Waals surface area contributed by atoms with E-state index >= 15 is 0 Å². The molecular formula is C36H73NO3. The Hall–Kier alpha value is -0.610. The van der Waals surface area contributed by atoms with Crippen LogP contribution in [0.3, 0.4) is 0 Å². The largest absolute Gasteiger partial charge is 0.394 e. The lowest BCUT2D eigenvalue weighted by Crippen LogP contribution is -2.45. The highest BCUT2D eigenvalue weighted by Crippen LogP contribution is 2.16. The predicted octanol–water partition coefficient (Wildman–Crippen LogP) is 10.6. The summed E-state index contributed by atoms with van der Waals surface area (Å²) in [6, 6.07) is -0.527. The highest BCUT2D eigenvalue weighted by molar-refractivity contribution is 5.76. The Morgan fingerprint density at radius 1 is 0.500 bits per heavy atom. The van der Waals surface area contributed by atoms with Crippen molar-refractivity contribution in [3.63, 3.8) is 0 Å². The first kappa shape index (κ1) is 39.4. The van der Waals surface area contributed by atoms with Crippen molar-refractivity contribution >= 4 is 5.91 Å². The maximum atomic E-state index is 12.3. The van der Waals surface area contributed by atoms with Gasteiger partial charge in [-0.1, -0.05) is 187 Å². The molecule has 0 unspecified atom stereocenters. The van der Waals surface area contributed by atoms with Crippen molar-refractivity contribution in [2.45, 2.75) is 219 Å². The molecule has 0 aromatic carbocycles. The van der Waals surface area contributed by atoms with Gasteiger partial charge in [0.05, 0.1) is 18.8 Å². The number of aliphatic hydroxyl groups excluding tert-OH is 2. The molecule has 3 N–H and O–H groups in total. The third kappa shape index (κ3) is 28.9. The molecule has 0 saturated heterocycles. The van der Waals surface area contributed by atoms with Crippen LogP contribution in [-0.2, 0) is 4.79 Å². The molecule has 0 radical (unpaired) electrons. The number of hydrogen-bond donors (Lipinski definition) is 3. The predicted molar refractivity (Wildman–Crippen MR) is 175 cm³/mol. The zero-order chi connectivity index (χ0) is 29.4. The van der Waals surface area contributed by atoms with Gasteiger partial charge in [-0.3, -0.25) is 4.79 Å². The first-order chi connectivity index (χ1) is 19.7. The first-order valence-corrected chi connectivity index (χ1v) is 18.2. The van der Waals surface area contributed by atoms with E-state index in [1.165, 1.54) is 154 Å². The molecule has 0 heterocycles. The van der Waals surface area contributed by atoms with E-state index in [2.05, 4.69) is 19.2 Å². The van der Waals surface area contributed by atoms with Crippen LogP contribution in [0.2, 0.25) is 0 Å². The van der Waals surface area contributed by atoms with Gasteiger partial charge in [-0.25, -0.2) is 0 Å². The van der Waals surface area contributed by atoms with Crippen LogP contribution in [0.15, 0.2) is 0 Å². The highest BCUT2D eigenvalue weighted by Gasteiger charge is 2.19. The summed E-state index contributed by atoms with van der Waals surface area (Å²) >= 11 is 0. The van der Waals surface area contributed by atoms with E-state index in [4.69, 9.17) is 0 Å². The van der Waals surface area contributed by atoms with Gasteiger partial charge in [0.25, 0.3) is 0 Å². The van der Waals surface area contributed by atoms with Crippen LogP contribution >= 0.6 is 0 Å². The molecule has 0 aliphatic heterocycles. The lowest BCUT2D eigenvalue weighted by Gasteiger charge is -2.22. The minimum Gasteiger partial charge on any atom is -0.394 e. The van der Waals surface area contributed by atoms with Crippen LogP contribution < -0.4 is 5.32 Å². The van der Waals surface area contributed by atoms with Crippen LogP contribution in [0.25, 0.3) is 0 Å². The molecule has 0 aromatic rings. The van der Waals surface area contributed by atoms with Crippen LogP contribution in [0.4, 0.5) is 0 Å². The standard InChI is InChI=1S/C36H73NO3/c1-3-5-7-9-11-13-15-17-19-21-23-25-27-29-31-35(39)34(33-38)37-36(40)32-30-28-26-24-22-20-18-16-14-12-10-8-6-4-2/h34-35,38-39H,3-33H2,1-2H3,(H,37,40)/t34-,35+/m0/s1. The summed E-state index contributed by atoms with van der Waals surface area (Å²) in [5.41, 5.74) is 0. The third-order valence-corrected chi connectivity index (χ3v) is 8.62. The maximum absolute atomic E-state index is 12.3. The van der Waals surface area contributed by atoms with E-state index in [-0.39, 0.29) is 12.5 Å². The number of rotatable bonds is 33. The molecular weight excluding hydrogens is 494 g/mol. The van der Waals surface area contributed by atoms with Gasteiger partial charge in [0.1, 0.15) is 0 Å². The minimum atomic E-state index is -0.650. The first-order valence-electron chi connectivity index (χ1n) is 18.2. The summed E-state index contributed by atoms with van der Waals surface area (Å²) in [5.74, 6) is -0.0296. The lowest BCUT2D eigenvalue weighted by molar-refractivity contribution is -0.123. The van der Waals surface area contributed by atoms with Crippen molar-refractivity contribution in [2.24, 2.45) is 0 Å². The van der Waals surface area contributed by atoms with Gasteiger partial charge in [-0.05, 0) is 12.8 Å². The van der Waals surface area contributed by atoms with Crippen LogP contribution in [0, 0.1) is 0 Å². The summed E-state index contributed by atoms with van der Waals surface area (Å²) in [7, 11) is 0. The van der Waals surface area contributed by atoms with Crippen molar-refractivity contribution in [1.29, 1.82) is 0 Å². The number of carbonyl (C=O) groups excluding carboxylic acids is 1. The molecule has 0 saturated carbocycles. The van der Waals surface area contributed by atoms with Crippen LogP contribution in [-0.4, -0.2) is 34.9 Å². The summed E-state index contributed by atoms with van der Waals surface area (Å²) in [5, 5.41) is 23.0. The Bertz CT molecular complexity index is 498. The van der Waals surface area contributed by atoms with Crippen molar-refractivity contribution < 1.29 is 15.0 Å². The second-order valence-electron chi connectivity index (χ2n) is 12.7. The summed E-state index contributed by atoms with van der Waals surface area (Å²) in [4.78, 5) is 12.3. The highest BCUT2D eigenvalue weighted by atomic mass is 16.3. The van der Waals surface area contributed by atoms with Crippen LogP contribution in [0.1, 0.15) is 206 Å². The fourth-order valence-corrected chi connectivity index (χ4v) is 5.77. The monoisotopic (exact) mass is 568 g/mol. The second kappa shape index (κ2) is 32.9. The van der Waals surface area contributed by atoms with Gasteiger partial charge in [-0.2, -0.15) is 0 Å². The van der Waals surface area contributed by atoms with E-state index in [1.54, 1.807) is 0 Å². The number of nitrogens with one attached hydrogen (secondary N) is 1. The molecule has 1 amide bonds. The van der Waals surface area contributed by atoms with Gasteiger partial charge in [0.15, 0.2) is 0 Å². The van der Waals surface area contributed by atoms with Crippen molar-refractivity contribution in [3.8, 4) is 0 Å². The van der Waals surface area contributed by atoms with Gasteiger partial charge >= 0.3 is 0 Å². The Morgan fingerprint density at radius 2 is 0.800 bits per heavy atom. The molecule has 4 nitrogen and oxygen atoms in total. The van der Waals surface area contributed by atoms with Gasteiger partial charge in [0.2, 0.25) is 5.91 Å². The number of carbonyl (C=O) groups is 1. The molecule has 0 aromatic heterocycles. The van der Waals surface area contributed by atoms with Crippen molar-refractivity contribution in [2.75, 3.05) is 6.61 Å². The quantitative estimate of drug-likeness (QED) is 0.0691. The van der Waals surface area contributed by atoms with Gasteiger partial charge in [-0.15, -0.1) is 0 Å². The SMILES string of the molecule is CCCCCCCCCCCCCCCCC(=O)N[C@@H](CO)[C@H](O)CCCCCCCCCCCCCCCC. The zero-order valence-electron chi connectivity index (χ0n) is 27.4. The molecule has 40 heavy (non-hydrogen) atoms. The smallest absolute Gasteiger partial charge is 0.220 e. The van der Waals surface area contributed by atoms with Crippen molar-refractivity contribution in [1.82, 2.24) is 5.32 Å². The molecule has 0 aliphatic carbocycles.